The molecular weight excluding hydrogens is 1620 g/mol. The number of ether oxygens (including phenoxy) is 18. The number of hydrogen-bond acceptors (Lipinski definition) is 29. The molecule has 0 radical (unpaired) electrons. The minimum Gasteiger partial charge on any atom is -0.462 e. The van der Waals surface area contributed by atoms with Crippen molar-refractivity contribution >= 4 is 57.7 Å². The minimum atomic E-state index is -3.99. The molecule has 0 bridgehead atoms. The maximum atomic E-state index is 15.6. The molecule has 15 atom stereocenters. The Morgan fingerprint density at radius 2 is 0.683 bits per heavy atom. The lowest BCUT2D eigenvalue weighted by molar-refractivity contribution is -0.379. The van der Waals surface area contributed by atoms with Crippen LogP contribution in [0.5, 0.6) is 0 Å². The zero-order valence-electron chi connectivity index (χ0n) is 74.0. The second-order valence-corrected chi connectivity index (χ2v) is 38.5. The van der Waals surface area contributed by atoms with Gasteiger partial charge in [-0.3, -0.25) is 47.4 Å². The van der Waals surface area contributed by atoms with Crippen molar-refractivity contribution in [2.75, 3.05) is 72.7 Å². The van der Waals surface area contributed by atoms with Gasteiger partial charge in [0.05, 0.1) is 128 Å². The van der Waals surface area contributed by atoms with Crippen LogP contribution >= 0.6 is 0 Å². The van der Waals surface area contributed by atoms with Gasteiger partial charge in [-0.2, -0.15) is 8.42 Å². The molecule has 3 fully saturated rings. The number of imide groups is 1. The fourth-order valence-electron chi connectivity index (χ4n) is 12.8. The van der Waals surface area contributed by atoms with Crippen LogP contribution in [0.15, 0.2) is 144 Å². The smallest absolute Gasteiger partial charge is 0.311 e. The Morgan fingerprint density at radius 1 is 0.341 bits per heavy atom. The van der Waals surface area contributed by atoms with Gasteiger partial charge >= 0.3 is 35.8 Å². The molecule has 0 spiro atoms. The quantitative estimate of drug-likeness (QED) is 0.0116. The summed E-state index contributed by atoms with van der Waals surface area (Å²) in [4.78, 5) is 121. The van der Waals surface area contributed by atoms with Crippen molar-refractivity contribution in [3.05, 3.63) is 173 Å². The van der Waals surface area contributed by atoms with Crippen molar-refractivity contribution in [3.8, 4) is 0 Å². The number of esters is 6. The van der Waals surface area contributed by atoms with Crippen LogP contribution < -0.4 is 0 Å². The summed E-state index contributed by atoms with van der Waals surface area (Å²) in [5.41, 5.74) is -4.68. The first-order chi connectivity index (χ1) is 57.8. The fourth-order valence-corrected chi connectivity index (χ4v) is 13.7. The molecule has 123 heavy (non-hydrogen) atoms. The molecule has 0 aromatic heterocycles. The Kier molecular flexibility index (Phi) is 34.5. The van der Waals surface area contributed by atoms with Crippen molar-refractivity contribution in [1.82, 2.24) is 4.90 Å². The van der Waals surface area contributed by atoms with Gasteiger partial charge in [0.2, 0.25) is 0 Å². The minimum absolute atomic E-state index is 0.0219. The predicted molar refractivity (Wildman–Crippen MR) is 443 cm³/mol. The molecule has 5 aromatic rings. The van der Waals surface area contributed by atoms with Crippen LogP contribution in [0.25, 0.3) is 0 Å². The summed E-state index contributed by atoms with van der Waals surface area (Å²) in [6, 6.07) is 38.5. The van der Waals surface area contributed by atoms with Gasteiger partial charge in [-0.1, -0.05) is 121 Å². The Hall–Kier alpha value is -8.51. The number of benzene rings is 5. The average molecular weight is 1740 g/mol. The highest BCUT2D eigenvalue weighted by Crippen LogP contribution is 2.43. The van der Waals surface area contributed by atoms with Crippen LogP contribution in [0, 0.1) is 39.4 Å². The van der Waals surface area contributed by atoms with E-state index in [0.29, 0.717) is 5.56 Å². The van der Waals surface area contributed by atoms with Gasteiger partial charge in [0.1, 0.15) is 62.0 Å². The summed E-state index contributed by atoms with van der Waals surface area (Å²) in [6.45, 7) is 27.9. The van der Waals surface area contributed by atoms with Crippen molar-refractivity contribution < 1.29 is 136 Å². The lowest BCUT2D eigenvalue weighted by Crippen LogP contribution is -2.70. The second-order valence-electron chi connectivity index (χ2n) is 36.8. The predicted octanol–water partition coefficient (Wildman–Crippen LogP) is 11.8. The van der Waals surface area contributed by atoms with E-state index in [4.69, 9.17) is 89.4 Å². The van der Waals surface area contributed by atoms with E-state index >= 15 is 19.2 Å². The van der Waals surface area contributed by atoms with Gasteiger partial charge in [0.15, 0.2) is 43.3 Å². The molecule has 9 rings (SSSR count). The van der Waals surface area contributed by atoms with E-state index in [1.807, 2.05) is 97.9 Å². The van der Waals surface area contributed by atoms with Crippen LogP contribution in [0.1, 0.15) is 168 Å². The molecule has 31 heteroatoms. The van der Waals surface area contributed by atoms with Gasteiger partial charge < -0.3 is 85.3 Å². The number of aryl methyl sites for hydroxylation is 1. The van der Waals surface area contributed by atoms with E-state index < -0.39 is 196 Å². The normalized spacial score (nSPS) is 24.1. The van der Waals surface area contributed by atoms with Crippen molar-refractivity contribution in [2.24, 2.45) is 32.5 Å². The Balaban J connectivity index is 1.15. The maximum absolute atomic E-state index is 15.6. The number of carbonyl (C=O) groups is 8. The monoisotopic (exact) mass is 1740 g/mol. The Labute approximate surface area is 721 Å². The van der Waals surface area contributed by atoms with Crippen molar-refractivity contribution in [2.45, 2.75) is 248 Å². The first kappa shape index (κ1) is 98.3. The van der Waals surface area contributed by atoms with Gasteiger partial charge in [-0.15, -0.1) is 0 Å². The average Bonchev–Trinajstić information content (AvgIpc) is 1.66. The summed E-state index contributed by atoms with van der Waals surface area (Å²) in [5.74, 6) is -6.73. The highest BCUT2D eigenvalue weighted by atomic mass is 32.2. The third kappa shape index (κ3) is 27.7. The number of amides is 2. The molecule has 4 heterocycles. The molecular formula is C92H123NO29S. The van der Waals surface area contributed by atoms with E-state index in [1.54, 1.807) is 149 Å². The Bertz CT molecular complexity index is 4380. The van der Waals surface area contributed by atoms with E-state index in [2.05, 4.69) is 0 Å². The summed E-state index contributed by atoms with van der Waals surface area (Å²) in [5, 5.41) is 0. The highest BCUT2D eigenvalue weighted by molar-refractivity contribution is 7.86. The first-order valence-electron chi connectivity index (χ1n) is 41.5. The molecule has 3 saturated heterocycles. The lowest BCUT2D eigenvalue weighted by Gasteiger charge is -2.52. The molecule has 5 aromatic carbocycles. The first-order valence-corrected chi connectivity index (χ1v) is 42.9. The van der Waals surface area contributed by atoms with Crippen LogP contribution in [0.2, 0.25) is 0 Å². The highest BCUT2D eigenvalue weighted by Gasteiger charge is 2.62. The van der Waals surface area contributed by atoms with E-state index in [-0.39, 0.29) is 95.3 Å². The van der Waals surface area contributed by atoms with Crippen LogP contribution in [-0.4, -0.2) is 226 Å². The van der Waals surface area contributed by atoms with Gasteiger partial charge in [-0.05, 0) is 173 Å². The van der Waals surface area contributed by atoms with Crippen LogP contribution in [0.3, 0.4) is 0 Å². The topological polar surface area (TPSA) is 349 Å². The van der Waals surface area contributed by atoms with Gasteiger partial charge in [-0.25, -0.2) is 0 Å². The molecule has 4 aliphatic heterocycles. The molecule has 676 valence electrons. The van der Waals surface area contributed by atoms with Gasteiger partial charge in [0.25, 0.3) is 21.9 Å². The SMILES string of the molecule is Cc1ccc(S(=O)(=O)OCCOCCOCCOCCO[C@H]2O[C@H](COC(=O)C(C)(C)C)[C@@H](O[C@@H]3O[C@H](COC(=O)C(C)(C)C)[C@H](O[C@H]4O[C@H](COCc5ccccc5)[C@H](OCc5ccccc5)[C@H](OCc5ccccc5)[C@H]4N4C(=O)c5ccccc5C4=O)[C@H](OC(=O)C(C)(C)C)[C@H]3OC(=O)C(C)(C)C)[C@H](OC(=O)C(C)(C)C)[C@H]2OC(=O)C(C)(C)C)cc1. The van der Waals surface area contributed by atoms with Crippen molar-refractivity contribution in [3.63, 3.8) is 0 Å². The molecule has 4 aliphatic rings. The number of hydrogen-bond donors (Lipinski definition) is 0. The molecule has 0 unspecified atom stereocenters. The number of rotatable bonds is 38. The number of fused-ring (bicyclic) bond motifs is 1. The van der Waals surface area contributed by atoms with Crippen LogP contribution in [-0.2, 0) is 148 Å². The summed E-state index contributed by atoms with van der Waals surface area (Å²) in [7, 11) is -3.99. The maximum Gasteiger partial charge on any atom is 0.311 e. The summed E-state index contributed by atoms with van der Waals surface area (Å²) < 4.78 is 150. The molecule has 0 N–H and O–H groups in total. The molecule has 0 aliphatic carbocycles. The Morgan fingerprint density at radius 3 is 1.11 bits per heavy atom. The standard InChI is InChI=1S/C92H123NO29S/c1-57-39-41-61(42-40-57)123(102,103)113-50-48-106-46-44-104-43-45-105-47-49-108-79-74(121-85(100)91(14,15)16)72(119-83(98)89(8,9)10)70(65(115-79)55-111-81(96)87(2,3)4)118-80-75(122-86(101)92(17,18)19)73(120-84(99)90(11,12)13)69(66(116-80)56-112-82(97)88(5,6)7)117-78-67(93-76(94)62-37-29-30-38-63(62)77(93)95)71(110-53-60-35-27-22-28-36-60)68(109-52-59-33-25-21-26-34-59)64(114-78)54-107-51-58-31-23-20-24-32-58/h20-42,64-75,78-80H,43-56H2,1-19H3/t64-,65-,66-,67-,68+,69+,70-,71-,72+,73+,74-,75-,78-,79+,80+/m1/s1. The molecule has 30 nitrogen and oxygen atoms in total. The summed E-state index contributed by atoms with van der Waals surface area (Å²) in [6.07, 6.45) is -24.8. The van der Waals surface area contributed by atoms with Gasteiger partial charge in [0, 0.05) is 0 Å². The molecule has 0 saturated carbocycles. The largest absolute Gasteiger partial charge is 0.462 e. The van der Waals surface area contributed by atoms with Crippen molar-refractivity contribution in [1.29, 1.82) is 0 Å². The second kappa shape index (κ2) is 43.1. The molecule has 2 amide bonds. The zero-order valence-corrected chi connectivity index (χ0v) is 74.8. The van der Waals surface area contributed by atoms with Crippen LogP contribution in [0.4, 0.5) is 0 Å². The number of carbonyl (C=O) groups excluding carboxylic acids is 8. The third-order valence-electron chi connectivity index (χ3n) is 19.9. The van der Waals surface area contributed by atoms with E-state index in [1.165, 1.54) is 24.3 Å². The zero-order chi connectivity index (χ0) is 90.0. The van der Waals surface area contributed by atoms with E-state index in [9.17, 15) is 27.6 Å². The van der Waals surface area contributed by atoms with E-state index in [0.717, 1.165) is 21.6 Å². The fraction of sp³-hybridized carbons (Fsp3) is 0.587. The lowest BCUT2D eigenvalue weighted by atomic mass is 9.92. The summed E-state index contributed by atoms with van der Waals surface area (Å²) >= 11 is 0. The third-order valence-corrected chi connectivity index (χ3v) is 21.2. The number of nitrogens with zero attached hydrogens (tertiary/aromatic N) is 1.